The van der Waals surface area contributed by atoms with E-state index in [1.807, 2.05) is 0 Å². The van der Waals surface area contributed by atoms with Crippen LogP contribution in [0.15, 0.2) is 36.7 Å². The Morgan fingerprint density at radius 2 is 2.20 bits per heavy atom. The lowest BCUT2D eigenvalue weighted by Crippen LogP contribution is -1.95. The van der Waals surface area contributed by atoms with E-state index in [1.165, 1.54) is 29.2 Å². The van der Waals surface area contributed by atoms with Crippen molar-refractivity contribution in [1.29, 1.82) is 0 Å². The fourth-order valence-corrected chi connectivity index (χ4v) is 1.21. The number of aromatic carboxylic acids is 1. The maximum absolute atomic E-state index is 10.6. The van der Waals surface area contributed by atoms with Crippen molar-refractivity contribution in [3.05, 3.63) is 42.2 Å². The maximum Gasteiger partial charge on any atom is 0.338 e. The molecule has 1 aromatic heterocycles. The Labute approximate surface area is 85.2 Å². The van der Waals surface area contributed by atoms with Crippen LogP contribution >= 0.6 is 0 Å². The highest BCUT2D eigenvalue weighted by Gasteiger charge is 2.06. The molecule has 0 unspecified atom stereocenters. The van der Waals surface area contributed by atoms with E-state index in [9.17, 15) is 9.90 Å². The molecule has 5 nitrogen and oxygen atoms in total. The van der Waals surface area contributed by atoms with Gasteiger partial charge in [-0.15, -0.1) is 0 Å². The van der Waals surface area contributed by atoms with Gasteiger partial charge in [-0.3, -0.25) is 0 Å². The first-order valence-electron chi connectivity index (χ1n) is 4.24. The van der Waals surface area contributed by atoms with Crippen molar-refractivity contribution < 1.29 is 15.0 Å². The molecule has 0 spiro atoms. The van der Waals surface area contributed by atoms with Gasteiger partial charge in [0.05, 0.1) is 17.4 Å². The minimum Gasteiger partial charge on any atom is -0.508 e. The summed E-state index contributed by atoms with van der Waals surface area (Å²) in [4.78, 5) is 10.6. The smallest absolute Gasteiger partial charge is 0.338 e. The van der Waals surface area contributed by atoms with Crippen LogP contribution in [0.1, 0.15) is 10.4 Å². The zero-order valence-corrected chi connectivity index (χ0v) is 7.66. The molecule has 0 saturated heterocycles. The first kappa shape index (κ1) is 9.26. The number of nitrogens with zero attached hydrogens (tertiary/aromatic N) is 2. The van der Waals surface area contributed by atoms with Crippen molar-refractivity contribution in [3.63, 3.8) is 0 Å². The quantitative estimate of drug-likeness (QED) is 0.772. The van der Waals surface area contributed by atoms with Gasteiger partial charge in [0.15, 0.2) is 0 Å². The van der Waals surface area contributed by atoms with Gasteiger partial charge in [0.1, 0.15) is 5.75 Å². The largest absolute Gasteiger partial charge is 0.508 e. The van der Waals surface area contributed by atoms with Crippen LogP contribution in [-0.4, -0.2) is 26.0 Å². The number of aromatic nitrogens is 2. The molecule has 0 aliphatic rings. The Morgan fingerprint density at radius 3 is 2.80 bits per heavy atom. The number of carboxylic acid groups (broad SMARTS) is 1. The van der Waals surface area contributed by atoms with Crippen LogP contribution in [0.25, 0.3) is 5.69 Å². The first-order valence-corrected chi connectivity index (χ1v) is 4.24. The van der Waals surface area contributed by atoms with E-state index in [1.54, 1.807) is 12.1 Å². The van der Waals surface area contributed by atoms with Gasteiger partial charge in [-0.2, -0.15) is 5.10 Å². The molecule has 5 heteroatoms. The van der Waals surface area contributed by atoms with Gasteiger partial charge in [-0.1, -0.05) is 6.07 Å². The summed E-state index contributed by atoms with van der Waals surface area (Å²) in [5, 5.41) is 21.8. The van der Waals surface area contributed by atoms with Crippen LogP contribution in [0.4, 0.5) is 0 Å². The second-order valence-electron chi connectivity index (χ2n) is 3.00. The Kier molecular flexibility index (Phi) is 2.13. The summed E-state index contributed by atoms with van der Waals surface area (Å²) < 4.78 is 1.39. The summed E-state index contributed by atoms with van der Waals surface area (Å²) in [5.41, 5.74) is 0.723. The average molecular weight is 204 g/mol. The third kappa shape index (κ3) is 1.80. The molecular weight excluding hydrogens is 196 g/mol. The molecule has 2 aromatic rings. The van der Waals surface area contributed by atoms with E-state index < -0.39 is 5.97 Å². The van der Waals surface area contributed by atoms with Crippen LogP contribution in [0, 0.1) is 0 Å². The summed E-state index contributed by atoms with van der Waals surface area (Å²) in [6, 6.07) is 6.41. The Hall–Kier alpha value is -2.30. The van der Waals surface area contributed by atoms with Crippen molar-refractivity contribution in [1.82, 2.24) is 9.78 Å². The van der Waals surface area contributed by atoms with E-state index in [0.29, 0.717) is 5.69 Å². The van der Waals surface area contributed by atoms with Gasteiger partial charge in [-0.05, 0) is 12.1 Å². The van der Waals surface area contributed by atoms with Crippen molar-refractivity contribution >= 4 is 5.97 Å². The van der Waals surface area contributed by atoms with Crippen LogP contribution < -0.4 is 0 Å². The standard InChI is InChI=1S/C10H8N2O3/c13-9-3-1-2-8(4-9)12-6-7(5-11-12)10(14)15/h1-6,13H,(H,14,15). The highest BCUT2D eigenvalue weighted by atomic mass is 16.4. The van der Waals surface area contributed by atoms with E-state index >= 15 is 0 Å². The number of phenolic OH excluding ortho intramolecular Hbond substituents is 1. The summed E-state index contributed by atoms with van der Waals surface area (Å²) >= 11 is 0. The Morgan fingerprint density at radius 1 is 1.40 bits per heavy atom. The lowest BCUT2D eigenvalue weighted by molar-refractivity contribution is 0.0697. The third-order valence-electron chi connectivity index (χ3n) is 1.92. The lowest BCUT2D eigenvalue weighted by Gasteiger charge is -2.00. The molecule has 0 aliphatic carbocycles. The van der Waals surface area contributed by atoms with Crippen molar-refractivity contribution in [3.8, 4) is 11.4 Å². The fraction of sp³-hybridized carbons (Fsp3) is 0. The molecule has 1 heterocycles. The molecule has 2 N–H and O–H groups in total. The summed E-state index contributed by atoms with van der Waals surface area (Å²) in [6.45, 7) is 0. The second kappa shape index (κ2) is 3.45. The highest BCUT2D eigenvalue weighted by Crippen LogP contribution is 2.14. The van der Waals surface area contributed by atoms with Crippen molar-refractivity contribution in [2.24, 2.45) is 0 Å². The predicted octanol–water partition coefficient (Wildman–Crippen LogP) is 1.28. The maximum atomic E-state index is 10.6. The topological polar surface area (TPSA) is 75.3 Å². The Balaban J connectivity index is 2.41. The zero-order valence-electron chi connectivity index (χ0n) is 7.66. The second-order valence-corrected chi connectivity index (χ2v) is 3.00. The highest BCUT2D eigenvalue weighted by molar-refractivity contribution is 5.86. The SMILES string of the molecule is O=C(O)c1cnn(-c2cccc(O)c2)c1. The van der Waals surface area contributed by atoms with E-state index in [-0.39, 0.29) is 11.3 Å². The van der Waals surface area contributed by atoms with Crippen molar-refractivity contribution in [2.45, 2.75) is 0 Å². The number of rotatable bonds is 2. The fourth-order valence-electron chi connectivity index (χ4n) is 1.21. The van der Waals surface area contributed by atoms with E-state index in [0.717, 1.165) is 0 Å². The molecule has 0 amide bonds. The van der Waals surface area contributed by atoms with Gasteiger partial charge in [-0.25, -0.2) is 9.48 Å². The summed E-state index contributed by atoms with van der Waals surface area (Å²) in [5.74, 6) is -0.915. The number of carbonyl (C=O) groups is 1. The molecule has 0 fully saturated rings. The average Bonchev–Trinajstić information content (AvgIpc) is 2.66. The molecule has 0 radical (unpaired) electrons. The zero-order chi connectivity index (χ0) is 10.8. The molecule has 0 saturated carbocycles. The van der Waals surface area contributed by atoms with E-state index in [2.05, 4.69) is 5.10 Å². The normalized spacial score (nSPS) is 10.1. The van der Waals surface area contributed by atoms with Crippen LogP contribution in [0.3, 0.4) is 0 Å². The number of carboxylic acids is 1. The number of phenols is 1. The molecular formula is C10H8N2O3. The van der Waals surface area contributed by atoms with Crippen molar-refractivity contribution in [2.75, 3.05) is 0 Å². The third-order valence-corrected chi connectivity index (χ3v) is 1.92. The molecule has 15 heavy (non-hydrogen) atoms. The van der Waals surface area contributed by atoms with Crippen LogP contribution in [0.5, 0.6) is 5.75 Å². The minimum atomic E-state index is -1.03. The van der Waals surface area contributed by atoms with Gasteiger partial charge in [0, 0.05) is 12.3 Å². The summed E-state index contributed by atoms with van der Waals surface area (Å²) in [7, 11) is 0. The number of hydrogen-bond acceptors (Lipinski definition) is 3. The van der Waals surface area contributed by atoms with Crippen LogP contribution in [-0.2, 0) is 0 Å². The molecule has 2 rings (SSSR count). The molecule has 1 aromatic carbocycles. The Bertz CT molecular complexity index is 505. The monoisotopic (exact) mass is 204 g/mol. The molecule has 0 aliphatic heterocycles. The molecule has 0 atom stereocenters. The number of benzene rings is 1. The van der Waals surface area contributed by atoms with E-state index in [4.69, 9.17) is 5.11 Å². The minimum absolute atomic E-state index is 0.110. The van der Waals surface area contributed by atoms with Crippen LogP contribution in [0.2, 0.25) is 0 Å². The van der Waals surface area contributed by atoms with Gasteiger partial charge >= 0.3 is 5.97 Å². The first-order chi connectivity index (χ1) is 7.16. The number of hydrogen-bond donors (Lipinski definition) is 2. The molecule has 0 bridgehead atoms. The van der Waals surface area contributed by atoms with Gasteiger partial charge < -0.3 is 10.2 Å². The predicted molar refractivity (Wildman–Crippen MR) is 52.2 cm³/mol. The summed E-state index contributed by atoms with van der Waals surface area (Å²) in [6.07, 6.45) is 2.64. The lowest BCUT2D eigenvalue weighted by atomic mass is 10.3. The van der Waals surface area contributed by atoms with Gasteiger partial charge in [0.25, 0.3) is 0 Å². The molecule has 76 valence electrons. The van der Waals surface area contributed by atoms with Gasteiger partial charge in [0.2, 0.25) is 0 Å². The number of aromatic hydroxyl groups is 1.